The molecule has 0 radical (unpaired) electrons. The Morgan fingerprint density at radius 1 is 1.07 bits per heavy atom. The second-order valence-corrected chi connectivity index (χ2v) is 9.53. The van der Waals surface area contributed by atoms with Gasteiger partial charge in [0.05, 0.1) is 13.4 Å². The fraction of sp³-hybridized carbons (Fsp3) is 0.200. The number of amides is 2. The van der Waals surface area contributed by atoms with Gasteiger partial charge in [-0.2, -0.15) is 0 Å². The van der Waals surface area contributed by atoms with Gasteiger partial charge in [0.25, 0.3) is 0 Å². The number of sulfone groups is 1. The fourth-order valence-corrected chi connectivity index (χ4v) is 5.47. The van der Waals surface area contributed by atoms with Crippen LogP contribution in [-0.2, 0) is 26.0 Å². The third-order valence-electron chi connectivity index (χ3n) is 4.28. The molecule has 1 atom stereocenters. The number of thiophene rings is 1. The van der Waals surface area contributed by atoms with Crippen molar-refractivity contribution in [1.29, 1.82) is 0 Å². The van der Waals surface area contributed by atoms with E-state index in [2.05, 4.69) is 10.6 Å². The third-order valence-corrected chi connectivity index (χ3v) is 7.77. The molecule has 0 fully saturated rings. The minimum absolute atomic E-state index is 0.144. The van der Waals surface area contributed by atoms with Crippen LogP contribution in [0.3, 0.4) is 0 Å². The van der Waals surface area contributed by atoms with Crippen LogP contribution in [0.25, 0.3) is 0 Å². The number of ether oxygens (including phenoxy) is 1. The summed E-state index contributed by atoms with van der Waals surface area (Å²) in [7, 11) is -2.25. The SMILES string of the molecule is COc1ccc(CNC(=O)C(=O)NC[C@@H](c2ccco2)S(=O)(=O)c2cccs2)cc1. The molecule has 0 spiro atoms. The molecule has 3 rings (SSSR count). The molecule has 2 N–H and O–H groups in total. The van der Waals surface area contributed by atoms with Crippen molar-refractivity contribution in [3.05, 3.63) is 71.5 Å². The van der Waals surface area contributed by atoms with Crippen LogP contribution in [0.4, 0.5) is 0 Å². The van der Waals surface area contributed by atoms with Gasteiger partial charge < -0.3 is 19.8 Å². The zero-order chi connectivity index (χ0) is 21.6. The van der Waals surface area contributed by atoms with Gasteiger partial charge in [-0.15, -0.1) is 11.3 Å². The zero-order valence-electron chi connectivity index (χ0n) is 16.0. The lowest BCUT2D eigenvalue weighted by atomic mass is 10.2. The summed E-state index contributed by atoms with van der Waals surface area (Å²) in [5.74, 6) is -0.930. The molecule has 2 aromatic heterocycles. The van der Waals surface area contributed by atoms with Gasteiger partial charge in [-0.05, 0) is 41.3 Å². The van der Waals surface area contributed by atoms with Gasteiger partial charge in [0.2, 0.25) is 0 Å². The number of carbonyl (C=O) groups is 2. The van der Waals surface area contributed by atoms with Gasteiger partial charge in [0.1, 0.15) is 21.0 Å². The predicted octanol–water partition coefficient (Wildman–Crippen LogP) is 2.30. The molecule has 8 nitrogen and oxygen atoms in total. The van der Waals surface area contributed by atoms with Crippen molar-refractivity contribution in [3.63, 3.8) is 0 Å². The average Bonchev–Trinajstić information content (AvgIpc) is 3.46. The summed E-state index contributed by atoms with van der Waals surface area (Å²) < 4.78 is 36.3. The highest BCUT2D eigenvalue weighted by atomic mass is 32.2. The smallest absolute Gasteiger partial charge is 0.309 e. The van der Waals surface area contributed by atoms with Crippen LogP contribution in [0.1, 0.15) is 16.6 Å². The van der Waals surface area contributed by atoms with E-state index >= 15 is 0 Å². The fourth-order valence-electron chi connectivity index (χ4n) is 2.67. The number of benzene rings is 1. The van der Waals surface area contributed by atoms with Crippen LogP contribution in [0.5, 0.6) is 5.75 Å². The Morgan fingerprint density at radius 2 is 1.80 bits per heavy atom. The van der Waals surface area contributed by atoms with Crippen LogP contribution < -0.4 is 15.4 Å². The van der Waals surface area contributed by atoms with Crippen molar-refractivity contribution >= 4 is 33.0 Å². The normalized spacial score (nSPS) is 12.2. The largest absolute Gasteiger partial charge is 0.497 e. The van der Waals surface area contributed by atoms with E-state index in [0.29, 0.717) is 5.75 Å². The first kappa shape index (κ1) is 21.6. The maximum atomic E-state index is 12.9. The highest BCUT2D eigenvalue weighted by Gasteiger charge is 2.33. The van der Waals surface area contributed by atoms with E-state index in [4.69, 9.17) is 9.15 Å². The summed E-state index contributed by atoms with van der Waals surface area (Å²) in [6, 6.07) is 13.2. The molecule has 2 heterocycles. The molecule has 0 aliphatic rings. The maximum Gasteiger partial charge on any atom is 0.309 e. The summed E-state index contributed by atoms with van der Waals surface area (Å²) >= 11 is 1.07. The topological polar surface area (TPSA) is 115 Å². The van der Waals surface area contributed by atoms with Crippen LogP contribution in [0, 0.1) is 0 Å². The van der Waals surface area contributed by atoms with E-state index in [1.807, 2.05) is 0 Å². The van der Waals surface area contributed by atoms with Gasteiger partial charge in [-0.25, -0.2) is 8.42 Å². The van der Waals surface area contributed by atoms with Crippen LogP contribution in [-0.4, -0.2) is 33.9 Å². The second kappa shape index (κ2) is 9.59. The molecule has 3 aromatic rings. The lowest BCUT2D eigenvalue weighted by Gasteiger charge is -2.15. The summed E-state index contributed by atoms with van der Waals surface area (Å²) in [6.45, 7) is -0.159. The Bertz CT molecular complexity index is 1080. The van der Waals surface area contributed by atoms with E-state index in [9.17, 15) is 18.0 Å². The van der Waals surface area contributed by atoms with Crippen molar-refractivity contribution in [1.82, 2.24) is 10.6 Å². The Balaban J connectivity index is 1.62. The van der Waals surface area contributed by atoms with Crippen LogP contribution in [0.15, 0.2) is 68.8 Å². The highest BCUT2D eigenvalue weighted by molar-refractivity contribution is 7.93. The van der Waals surface area contributed by atoms with Crippen molar-refractivity contribution in [2.45, 2.75) is 16.0 Å². The average molecular weight is 449 g/mol. The number of rotatable bonds is 8. The molecule has 0 bridgehead atoms. The Labute approximate surface area is 177 Å². The van der Waals surface area contributed by atoms with Crippen molar-refractivity contribution < 1.29 is 27.2 Å². The van der Waals surface area contributed by atoms with Crippen molar-refractivity contribution in [2.75, 3.05) is 13.7 Å². The molecule has 0 saturated heterocycles. The number of nitrogens with one attached hydrogen (secondary N) is 2. The van der Waals surface area contributed by atoms with E-state index in [0.717, 1.165) is 16.9 Å². The minimum Gasteiger partial charge on any atom is -0.497 e. The second-order valence-electron chi connectivity index (χ2n) is 6.22. The van der Waals surface area contributed by atoms with Gasteiger partial charge in [-0.1, -0.05) is 18.2 Å². The monoisotopic (exact) mass is 448 g/mol. The molecule has 10 heteroatoms. The Kier molecular flexibility index (Phi) is 6.91. The van der Waals surface area contributed by atoms with E-state index in [-0.39, 0.29) is 23.1 Å². The van der Waals surface area contributed by atoms with E-state index in [1.54, 1.807) is 48.9 Å². The molecular formula is C20H20N2O6S2. The Hall–Kier alpha value is -3.11. The number of hydrogen-bond acceptors (Lipinski definition) is 7. The summed E-state index contributed by atoms with van der Waals surface area (Å²) in [5.41, 5.74) is 0.783. The maximum absolute atomic E-state index is 12.9. The lowest BCUT2D eigenvalue weighted by molar-refractivity contribution is -0.139. The number of hydrogen-bond donors (Lipinski definition) is 2. The first-order valence-corrected chi connectivity index (χ1v) is 11.3. The first-order chi connectivity index (χ1) is 14.4. The predicted molar refractivity (Wildman–Crippen MR) is 111 cm³/mol. The molecule has 2 amide bonds. The Morgan fingerprint density at radius 3 is 2.40 bits per heavy atom. The zero-order valence-corrected chi connectivity index (χ0v) is 17.7. The molecule has 158 valence electrons. The standard InChI is InChI=1S/C20H20N2O6S2/c1-27-15-8-6-14(7-9-15)12-21-19(23)20(24)22-13-17(16-4-2-10-28-16)30(25,26)18-5-3-11-29-18/h2-11,17H,12-13H2,1H3,(H,21,23)(H,22,24)/t17-/m0/s1. The molecule has 30 heavy (non-hydrogen) atoms. The van der Waals surface area contributed by atoms with Crippen LogP contribution >= 0.6 is 11.3 Å². The van der Waals surface area contributed by atoms with Gasteiger partial charge >= 0.3 is 11.8 Å². The number of furan rings is 1. The van der Waals surface area contributed by atoms with Crippen LogP contribution in [0.2, 0.25) is 0 Å². The van der Waals surface area contributed by atoms with E-state index in [1.165, 1.54) is 18.4 Å². The quantitative estimate of drug-likeness (QED) is 0.511. The van der Waals surface area contributed by atoms with E-state index < -0.39 is 26.9 Å². The molecule has 0 saturated carbocycles. The third kappa shape index (κ3) is 5.08. The van der Waals surface area contributed by atoms with Gasteiger partial charge in [0.15, 0.2) is 9.84 Å². The first-order valence-electron chi connectivity index (χ1n) is 8.91. The lowest BCUT2D eigenvalue weighted by Crippen LogP contribution is -2.42. The molecule has 0 aliphatic heterocycles. The number of carbonyl (C=O) groups excluding carboxylic acids is 2. The summed E-state index contributed by atoms with van der Waals surface area (Å²) in [4.78, 5) is 24.3. The number of methoxy groups -OCH3 is 1. The summed E-state index contributed by atoms with van der Waals surface area (Å²) in [5, 5.41) is 5.39. The minimum atomic E-state index is -3.80. The highest BCUT2D eigenvalue weighted by Crippen LogP contribution is 2.31. The van der Waals surface area contributed by atoms with Gasteiger partial charge in [0, 0.05) is 13.1 Å². The molecule has 0 unspecified atom stereocenters. The van der Waals surface area contributed by atoms with Gasteiger partial charge in [-0.3, -0.25) is 9.59 Å². The molecule has 0 aliphatic carbocycles. The van der Waals surface area contributed by atoms with Crippen molar-refractivity contribution in [3.8, 4) is 5.75 Å². The molecule has 1 aromatic carbocycles. The summed E-state index contributed by atoms with van der Waals surface area (Å²) in [6.07, 6.45) is 1.36. The molecular weight excluding hydrogens is 428 g/mol. The van der Waals surface area contributed by atoms with Crippen molar-refractivity contribution in [2.24, 2.45) is 0 Å².